The lowest BCUT2D eigenvalue weighted by Gasteiger charge is -2.07. The van der Waals surface area contributed by atoms with Crippen LogP contribution in [0.25, 0.3) is 11.5 Å². The Bertz CT molecular complexity index is 1130. The van der Waals surface area contributed by atoms with Gasteiger partial charge in [0.25, 0.3) is 0 Å². The Kier molecular flexibility index (Phi) is 5.29. The number of aromatic nitrogens is 1. The molecule has 150 valence electrons. The Morgan fingerprint density at radius 3 is 2.55 bits per heavy atom. The molecule has 0 fully saturated rings. The number of aromatic hydroxyl groups is 1. The molecule has 29 heavy (non-hydrogen) atoms. The van der Waals surface area contributed by atoms with Crippen molar-refractivity contribution in [2.24, 2.45) is 4.99 Å². The number of halogens is 5. The molecule has 11 heteroatoms. The van der Waals surface area contributed by atoms with Gasteiger partial charge in [-0.3, -0.25) is 4.99 Å². The largest absolute Gasteiger partial charge is 0.479 e. The van der Waals surface area contributed by atoms with Crippen LogP contribution < -0.4 is 0 Å². The zero-order chi connectivity index (χ0) is 21.3. The predicted octanol–water partition coefficient (Wildman–Crippen LogP) is 5.31. The molecule has 0 aliphatic heterocycles. The van der Waals surface area contributed by atoms with Crippen molar-refractivity contribution in [1.29, 1.82) is 0 Å². The number of alkyl halides is 3. The Hall–Kier alpha value is -3.40. The maximum atomic E-state index is 13.7. The van der Waals surface area contributed by atoms with Crippen LogP contribution in [0.5, 0.6) is 5.95 Å². The van der Waals surface area contributed by atoms with Crippen molar-refractivity contribution in [2.75, 3.05) is 0 Å². The fourth-order valence-corrected chi connectivity index (χ4v) is 2.50. The fraction of sp³-hybridized carbons (Fsp3) is 0.0556. The van der Waals surface area contributed by atoms with Gasteiger partial charge in [-0.2, -0.15) is 13.2 Å². The summed E-state index contributed by atoms with van der Waals surface area (Å²) >= 11 is 5.74. The van der Waals surface area contributed by atoms with Gasteiger partial charge in [-0.1, -0.05) is 11.6 Å². The van der Waals surface area contributed by atoms with Gasteiger partial charge in [0.05, 0.1) is 23.0 Å². The molecule has 3 rings (SSSR count). The minimum absolute atomic E-state index is 0.00595. The first kappa shape index (κ1) is 20.3. The third kappa shape index (κ3) is 4.37. The highest BCUT2D eigenvalue weighted by molar-refractivity contribution is 6.31. The molecule has 0 radical (unpaired) electrons. The lowest BCUT2D eigenvalue weighted by molar-refractivity contribution is -0.139. The minimum Gasteiger partial charge on any atom is -0.479 e. The van der Waals surface area contributed by atoms with Crippen LogP contribution in [0.2, 0.25) is 5.02 Å². The first-order chi connectivity index (χ1) is 13.6. The quantitative estimate of drug-likeness (QED) is 0.434. The highest BCUT2D eigenvalue weighted by Gasteiger charge is 2.34. The molecule has 0 unspecified atom stereocenters. The predicted molar refractivity (Wildman–Crippen MR) is 94.2 cm³/mol. The van der Waals surface area contributed by atoms with Gasteiger partial charge in [0.15, 0.2) is 5.69 Å². The summed E-state index contributed by atoms with van der Waals surface area (Å²) in [6.07, 6.45) is -3.88. The van der Waals surface area contributed by atoms with E-state index in [1.54, 1.807) is 0 Å². The molecular weight excluding hydrogens is 420 g/mol. The molecule has 2 aromatic carbocycles. The zero-order valence-electron chi connectivity index (χ0n) is 14.0. The molecule has 0 spiro atoms. The van der Waals surface area contributed by atoms with Crippen LogP contribution in [0.1, 0.15) is 21.6 Å². The smallest absolute Gasteiger partial charge is 0.419 e. The Labute approximate surface area is 164 Å². The highest BCUT2D eigenvalue weighted by Crippen LogP contribution is 2.34. The molecule has 3 aromatic rings. The summed E-state index contributed by atoms with van der Waals surface area (Å²) in [6.45, 7) is 0. The van der Waals surface area contributed by atoms with E-state index in [4.69, 9.17) is 21.1 Å². The molecule has 1 heterocycles. The van der Waals surface area contributed by atoms with Gasteiger partial charge < -0.3 is 14.6 Å². The monoisotopic (exact) mass is 428 g/mol. The molecule has 1 aromatic heterocycles. The van der Waals surface area contributed by atoms with Crippen molar-refractivity contribution < 1.29 is 37.0 Å². The van der Waals surface area contributed by atoms with Crippen molar-refractivity contribution in [3.05, 3.63) is 64.1 Å². The van der Waals surface area contributed by atoms with E-state index >= 15 is 0 Å². The van der Waals surface area contributed by atoms with E-state index in [1.807, 2.05) is 0 Å². The van der Waals surface area contributed by atoms with E-state index in [2.05, 4.69) is 9.98 Å². The van der Waals surface area contributed by atoms with Gasteiger partial charge in [0.1, 0.15) is 5.82 Å². The SMILES string of the molecule is O=C(O)c1cc(Cl)ccc1N=Cc1nc(-c2ccc(C(F)(F)F)c(F)c2)oc1O. The highest BCUT2D eigenvalue weighted by atomic mass is 35.5. The van der Waals surface area contributed by atoms with Crippen molar-refractivity contribution in [2.45, 2.75) is 6.18 Å². The van der Waals surface area contributed by atoms with Crippen molar-refractivity contribution >= 4 is 29.5 Å². The average Bonchev–Trinajstić information content (AvgIpc) is 3.00. The van der Waals surface area contributed by atoms with Gasteiger partial charge in [0, 0.05) is 10.6 Å². The second-order valence-electron chi connectivity index (χ2n) is 5.63. The van der Waals surface area contributed by atoms with E-state index in [-0.39, 0.29) is 33.4 Å². The third-order valence-corrected chi connectivity index (χ3v) is 3.91. The van der Waals surface area contributed by atoms with E-state index in [1.165, 1.54) is 18.2 Å². The number of benzene rings is 2. The van der Waals surface area contributed by atoms with Crippen molar-refractivity contribution in [3.8, 4) is 17.4 Å². The number of aliphatic imine (C=N–C) groups is 1. The molecule has 0 bridgehead atoms. The van der Waals surface area contributed by atoms with E-state index in [0.717, 1.165) is 12.3 Å². The third-order valence-electron chi connectivity index (χ3n) is 3.67. The van der Waals surface area contributed by atoms with Crippen LogP contribution in [-0.4, -0.2) is 27.4 Å². The number of oxazole rings is 1. The summed E-state index contributed by atoms with van der Waals surface area (Å²) in [7, 11) is 0. The van der Waals surface area contributed by atoms with Gasteiger partial charge in [-0.15, -0.1) is 0 Å². The summed E-state index contributed by atoms with van der Waals surface area (Å²) < 4.78 is 56.6. The first-order valence-electron chi connectivity index (χ1n) is 7.70. The summed E-state index contributed by atoms with van der Waals surface area (Å²) in [6, 6.07) is 5.92. The molecule has 0 aliphatic carbocycles. The molecular formula is C18H9ClF4N2O4. The molecule has 0 amide bonds. The Balaban J connectivity index is 1.93. The topological polar surface area (TPSA) is 95.9 Å². The number of rotatable bonds is 4. The lowest BCUT2D eigenvalue weighted by Crippen LogP contribution is -2.07. The number of hydrogen-bond acceptors (Lipinski definition) is 5. The number of aromatic carboxylic acids is 1. The molecule has 0 saturated heterocycles. The van der Waals surface area contributed by atoms with Crippen LogP contribution in [-0.2, 0) is 6.18 Å². The first-order valence-corrected chi connectivity index (χ1v) is 8.08. The number of hydrogen-bond donors (Lipinski definition) is 2. The Morgan fingerprint density at radius 1 is 1.21 bits per heavy atom. The molecule has 6 nitrogen and oxygen atoms in total. The molecule has 0 aliphatic rings. The summed E-state index contributed by atoms with van der Waals surface area (Å²) in [5, 5.41) is 19.2. The maximum Gasteiger partial charge on any atom is 0.419 e. The maximum absolute atomic E-state index is 13.7. The number of nitrogens with zero attached hydrogens (tertiary/aromatic N) is 2. The second kappa shape index (κ2) is 7.55. The average molecular weight is 429 g/mol. The van der Waals surface area contributed by atoms with Crippen molar-refractivity contribution in [1.82, 2.24) is 4.98 Å². The molecule has 0 atom stereocenters. The van der Waals surface area contributed by atoms with Crippen LogP contribution in [0, 0.1) is 5.82 Å². The summed E-state index contributed by atoms with van der Waals surface area (Å²) in [5.41, 5.74) is -2.05. The van der Waals surface area contributed by atoms with Crippen LogP contribution in [0.3, 0.4) is 0 Å². The number of carboxylic acids is 1. The van der Waals surface area contributed by atoms with Crippen LogP contribution in [0.4, 0.5) is 23.2 Å². The summed E-state index contributed by atoms with van der Waals surface area (Å²) in [5.74, 6) is -3.92. The molecule has 2 N–H and O–H groups in total. The molecule has 0 saturated carbocycles. The van der Waals surface area contributed by atoms with Gasteiger partial charge >= 0.3 is 18.1 Å². The van der Waals surface area contributed by atoms with Gasteiger partial charge in [-0.05, 0) is 36.4 Å². The van der Waals surface area contributed by atoms with E-state index in [0.29, 0.717) is 12.1 Å². The normalized spacial score (nSPS) is 11.9. The van der Waals surface area contributed by atoms with Crippen LogP contribution in [0.15, 0.2) is 45.8 Å². The van der Waals surface area contributed by atoms with E-state index in [9.17, 15) is 27.5 Å². The van der Waals surface area contributed by atoms with Gasteiger partial charge in [0.2, 0.25) is 5.89 Å². The van der Waals surface area contributed by atoms with E-state index < -0.39 is 29.5 Å². The Morgan fingerprint density at radius 2 is 1.93 bits per heavy atom. The number of carbonyl (C=O) groups is 1. The zero-order valence-corrected chi connectivity index (χ0v) is 14.8. The number of carboxylic acid groups (broad SMARTS) is 1. The van der Waals surface area contributed by atoms with Crippen molar-refractivity contribution in [3.63, 3.8) is 0 Å². The van der Waals surface area contributed by atoms with Gasteiger partial charge in [-0.25, -0.2) is 14.2 Å². The van der Waals surface area contributed by atoms with Crippen LogP contribution >= 0.6 is 11.6 Å². The lowest BCUT2D eigenvalue weighted by atomic mass is 10.1. The second-order valence-corrected chi connectivity index (χ2v) is 6.06. The fourth-order valence-electron chi connectivity index (χ4n) is 2.33. The minimum atomic E-state index is -4.86. The standard InChI is InChI=1S/C18H9ClF4N2O4/c19-9-2-4-13(10(6-9)16(26)27)24-7-14-17(28)29-15(25-14)8-1-3-11(12(20)5-8)18(21,22)23/h1-7,28H,(H,26,27). The summed E-state index contributed by atoms with van der Waals surface area (Å²) in [4.78, 5) is 19.0.